The number of halogens is 1. The number of aromatic nitrogens is 2. The summed E-state index contributed by atoms with van der Waals surface area (Å²) in [7, 11) is 1.58. The van der Waals surface area contributed by atoms with Crippen molar-refractivity contribution in [3.05, 3.63) is 17.0 Å². The molecule has 0 aliphatic carbocycles. The van der Waals surface area contributed by atoms with Crippen molar-refractivity contribution in [1.29, 1.82) is 0 Å². The van der Waals surface area contributed by atoms with Gasteiger partial charge in [0.05, 0.1) is 13.2 Å². The molecule has 94 valence electrons. The van der Waals surface area contributed by atoms with Gasteiger partial charge in [-0.15, -0.1) is 0 Å². The van der Waals surface area contributed by atoms with Gasteiger partial charge in [-0.25, -0.2) is 9.97 Å². The average molecular weight is 259 g/mol. The maximum absolute atomic E-state index is 11.4. The third-order valence-electron chi connectivity index (χ3n) is 1.87. The van der Waals surface area contributed by atoms with Gasteiger partial charge in [-0.1, -0.05) is 11.6 Å². The number of carbonyl (C=O) groups is 1. The first-order valence-electron chi connectivity index (χ1n) is 5.12. The van der Waals surface area contributed by atoms with E-state index >= 15 is 0 Å². The van der Waals surface area contributed by atoms with Crippen LogP contribution in [0.4, 0.5) is 5.82 Å². The summed E-state index contributed by atoms with van der Waals surface area (Å²) in [4.78, 5) is 19.4. The van der Waals surface area contributed by atoms with E-state index in [4.69, 9.17) is 16.3 Å². The van der Waals surface area contributed by atoms with Crippen LogP contribution >= 0.6 is 11.6 Å². The number of nitrogens with one attached hydrogen (secondary N) is 2. The zero-order valence-corrected chi connectivity index (χ0v) is 10.5. The SMILES string of the molecule is COCCNC(=O)CNc1cc(Cl)nc(C)n1. The lowest BCUT2D eigenvalue weighted by Gasteiger charge is -2.07. The number of nitrogens with zero attached hydrogens (tertiary/aromatic N) is 2. The summed E-state index contributed by atoms with van der Waals surface area (Å²) < 4.78 is 4.81. The lowest BCUT2D eigenvalue weighted by molar-refractivity contribution is -0.119. The zero-order valence-electron chi connectivity index (χ0n) is 9.79. The van der Waals surface area contributed by atoms with E-state index in [2.05, 4.69) is 20.6 Å². The van der Waals surface area contributed by atoms with E-state index in [1.165, 1.54) is 0 Å². The van der Waals surface area contributed by atoms with Gasteiger partial charge in [0.25, 0.3) is 0 Å². The Kier molecular flexibility index (Phi) is 5.65. The number of hydrogen-bond acceptors (Lipinski definition) is 5. The molecule has 1 amide bonds. The molecule has 0 aromatic carbocycles. The molecule has 1 aromatic rings. The van der Waals surface area contributed by atoms with Gasteiger partial charge in [-0.05, 0) is 6.92 Å². The fraction of sp³-hybridized carbons (Fsp3) is 0.500. The molecule has 0 aliphatic heterocycles. The number of amides is 1. The van der Waals surface area contributed by atoms with Gasteiger partial charge in [-0.3, -0.25) is 4.79 Å². The third kappa shape index (κ3) is 5.46. The molecule has 0 fully saturated rings. The van der Waals surface area contributed by atoms with Crippen LogP contribution in [0.1, 0.15) is 5.82 Å². The topological polar surface area (TPSA) is 76.1 Å². The molecule has 2 N–H and O–H groups in total. The predicted octanol–water partition coefficient (Wildman–Crippen LogP) is 0.613. The first-order valence-corrected chi connectivity index (χ1v) is 5.50. The summed E-state index contributed by atoms with van der Waals surface area (Å²) >= 11 is 5.76. The standard InChI is InChI=1S/C10H15ClN4O2/c1-7-14-8(11)5-9(15-7)13-6-10(16)12-3-4-17-2/h5H,3-4,6H2,1-2H3,(H,12,16)(H,13,14,15). The average Bonchev–Trinajstić information content (AvgIpc) is 2.25. The minimum absolute atomic E-state index is 0.130. The molecule has 0 spiro atoms. The highest BCUT2D eigenvalue weighted by Gasteiger charge is 2.03. The number of carbonyl (C=O) groups excluding carboxylic acids is 1. The number of hydrogen-bond donors (Lipinski definition) is 2. The number of anilines is 1. The van der Waals surface area contributed by atoms with Crippen molar-refractivity contribution >= 4 is 23.3 Å². The first kappa shape index (κ1) is 13.7. The lowest BCUT2D eigenvalue weighted by atomic mass is 10.5. The Balaban J connectivity index is 2.36. The van der Waals surface area contributed by atoms with E-state index in [-0.39, 0.29) is 12.5 Å². The molecule has 1 rings (SSSR count). The lowest BCUT2D eigenvalue weighted by Crippen LogP contribution is -2.32. The van der Waals surface area contributed by atoms with E-state index in [0.717, 1.165) is 0 Å². The van der Waals surface area contributed by atoms with Gasteiger partial charge in [-0.2, -0.15) is 0 Å². The highest BCUT2D eigenvalue weighted by Crippen LogP contribution is 2.10. The molecular weight excluding hydrogens is 244 g/mol. The van der Waals surface area contributed by atoms with Crippen LogP contribution in [0, 0.1) is 6.92 Å². The summed E-state index contributed by atoms with van der Waals surface area (Å²) in [6, 6.07) is 1.57. The van der Waals surface area contributed by atoms with Crippen molar-refractivity contribution in [2.45, 2.75) is 6.92 Å². The summed E-state index contributed by atoms with van der Waals surface area (Å²) in [5.74, 6) is 0.957. The van der Waals surface area contributed by atoms with Gasteiger partial charge in [0, 0.05) is 19.7 Å². The van der Waals surface area contributed by atoms with Gasteiger partial charge in [0.15, 0.2) is 0 Å². The molecule has 1 aromatic heterocycles. The van der Waals surface area contributed by atoms with E-state index in [1.807, 2.05) is 0 Å². The highest BCUT2D eigenvalue weighted by atomic mass is 35.5. The summed E-state index contributed by atoms with van der Waals surface area (Å²) in [5, 5.41) is 5.89. The summed E-state index contributed by atoms with van der Waals surface area (Å²) in [6.45, 7) is 2.84. The van der Waals surface area contributed by atoms with Gasteiger partial charge < -0.3 is 15.4 Å². The quantitative estimate of drug-likeness (QED) is 0.578. The number of rotatable bonds is 6. The molecular formula is C10H15ClN4O2. The first-order chi connectivity index (χ1) is 8.11. The highest BCUT2D eigenvalue weighted by molar-refractivity contribution is 6.29. The Morgan fingerprint density at radius 3 is 2.94 bits per heavy atom. The van der Waals surface area contributed by atoms with Crippen molar-refractivity contribution in [1.82, 2.24) is 15.3 Å². The van der Waals surface area contributed by atoms with Gasteiger partial charge >= 0.3 is 0 Å². The molecule has 0 saturated carbocycles. The van der Waals surface area contributed by atoms with Crippen LogP contribution in [0.15, 0.2) is 6.07 Å². The maximum Gasteiger partial charge on any atom is 0.239 e. The number of aryl methyl sites for hydroxylation is 1. The molecule has 0 bridgehead atoms. The Morgan fingerprint density at radius 1 is 1.53 bits per heavy atom. The normalized spacial score (nSPS) is 10.1. The number of ether oxygens (including phenoxy) is 1. The molecule has 1 heterocycles. The van der Waals surface area contributed by atoms with Crippen LogP contribution < -0.4 is 10.6 Å². The largest absolute Gasteiger partial charge is 0.383 e. The van der Waals surface area contributed by atoms with Gasteiger partial charge in [0.1, 0.15) is 16.8 Å². The van der Waals surface area contributed by atoms with Crippen molar-refractivity contribution in [2.24, 2.45) is 0 Å². The van der Waals surface area contributed by atoms with Crippen molar-refractivity contribution in [3.8, 4) is 0 Å². The Morgan fingerprint density at radius 2 is 2.29 bits per heavy atom. The van der Waals surface area contributed by atoms with Crippen molar-refractivity contribution in [2.75, 3.05) is 32.1 Å². The molecule has 0 saturated heterocycles. The number of methoxy groups -OCH3 is 1. The van der Waals surface area contributed by atoms with Crippen LogP contribution in [-0.2, 0) is 9.53 Å². The zero-order chi connectivity index (χ0) is 12.7. The second kappa shape index (κ2) is 7.03. The molecule has 0 radical (unpaired) electrons. The Hall–Kier alpha value is -1.40. The van der Waals surface area contributed by atoms with E-state index < -0.39 is 0 Å². The van der Waals surface area contributed by atoms with Gasteiger partial charge in [0.2, 0.25) is 5.91 Å². The van der Waals surface area contributed by atoms with Crippen LogP contribution in [-0.4, -0.2) is 42.7 Å². The molecule has 7 heteroatoms. The molecule has 0 unspecified atom stereocenters. The summed E-state index contributed by atoms with van der Waals surface area (Å²) in [5.41, 5.74) is 0. The van der Waals surface area contributed by atoms with Crippen LogP contribution in [0.5, 0.6) is 0 Å². The molecule has 17 heavy (non-hydrogen) atoms. The monoisotopic (exact) mass is 258 g/mol. The van der Waals surface area contributed by atoms with Crippen LogP contribution in [0.25, 0.3) is 0 Å². The minimum atomic E-state index is -0.130. The van der Waals surface area contributed by atoms with E-state index in [9.17, 15) is 4.79 Å². The van der Waals surface area contributed by atoms with Crippen molar-refractivity contribution in [3.63, 3.8) is 0 Å². The van der Waals surface area contributed by atoms with Crippen molar-refractivity contribution < 1.29 is 9.53 Å². The molecule has 0 atom stereocenters. The molecule has 6 nitrogen and oxygen atoms in total. The van der Waals surface area contributed by atoms with Crippen LogP contribution in [0.3, 0.4) is 0 Å². The van der Waals surface area contributed by atoms with Crippen LogP contribution in [0.2, 0.25) is 5.15 Å². The fourth-order valence-corrected chi connectivity index (χ4v) is 1.37. The summed E-state index contributed by atoms with van der Waals surface area (Å²) in [6.07, 6.45) is 0. The Labute approximate surface area is 105 Å². The van der Waals surface area contributed by atoms with E-state index in [0.29, 0.717) is 29.9 Å². The Bertz CT molecular complexity index is 366. The predicted molar refractivity (Wildman–Crippen MR) is 65.2 cm³/mol. The van der Waals surface area contributed by atoms with E-state index in [1.54, 1.807) is 20.1 Å². The molecule has 0 aliphatic rings. The smallest absolute Gasteiger partial charge is 0.239 e. The maximum atomic E-state index is 11.4. The third-order valence-corrected chi connectivity index (χ3v) is 2.06. The minimum Gasteiger partial charge on any atom is -0.383 e. The fourth-order valence-electron chi connectivity index (χ4n) is 1.15. The second-order valence-corrected chi connectivity index (χ2v) is 3.71. The second-order valence-electron chi connectivity index (χ2n) is 3.32.